The van der Waals surface area contributed by atoms with Crippen molar-refractivity contribution < 1.29 is 19.0 Å². The van der Waals surface area contributed by atoms with E-state index < -0.39 is 6.03 Å². The van der Waals surface area contributed by atoms with Gasteiger partial charge < -0.3 is 24.8 Å². The smallest absolute Gasteiger partial charge is 0.323 e. The molecule has 2 N–H and O–H groups in total. The third-order valence-corrected chi connectivity index (χ3v) is 4.83. The minimum atomic E-state index is -0.502. The Morgan fingerprint density at radius 3 is 2.68 bits per heavy atom. The van der Waals surface area contributed by atoms with Gasteiger partial charge in [0.2, 0.25) is 0 Å². The van der Waals surface area contributed by atoms with Gasteiger partial charge in [-0.25, -0.2) is 9.78 Å². The first-order chi connectivity index (χ1) is 15.0. The van der Waals surface area contributed by atoms with Crippen LogP contribution in [0.15, 0.2) is 37.1 Å². The number of anilines is 2. The summed E-state index contributed by atoms with van der Waals surface area (Å²) in [6.45, 7) is 2.88. The number of carbonyl (C=O) groups is 1. The number of hydrogen-bond donors (Lipinski definition) is 2. The maximum atomic E-state index is 12.6. The number of methoxy groups -OCH3 is 1. The fourth-order valence-electron chi connectivity index (χ4n) is 2.90. The van der Waals surface area contributed by atoms with Gasteiger partial charge in [-0.2, -0.15) is 10.2 Å². The number of nitrogens with zero attached hydrogens (tertiary/aromatic N) is 5. The first-order valence-corrected chi connectivity index (χ1v) is 9.78. The lowest BCUT2D eigenvalue weighted by Crippen LogP contribution is -2.39. The van der Waals surface area contributed by atoms with E-state index in [0.29, 0.717) is 41.7 Å². The zero-order valence-corrected chi connectivity index (χ0v) is 17.5. The zero-order valence-electron chi connectivity index (χ0n) is 16.8. The Kier molecular flexibility index (Phi) is 6.26. The summed E-state index contributed by atoms with van der Waals surface area (Å²) in [6.07, 6.45) is 7.22. The topological polar surface area (TPSA) is 125 Å². The van der Waals surface area contributed by atoms with E-state index in [4.69, 9.17) is 25.8 Å². The third-order valence-electron chi connectivity index (χ3n) is 4.55. The summed E-state index contributed by atoms with van der Waals surface area (Å²) in [4.78, 5) is 22.3. The summed E-state index contributed by atoms with van der Waals surface area (Å²) in [5, 5.41) is 13.7. The molecule has 0 radical (unpaired) electrons. The quantitative estimate of drug-likeness (QED) is 0.568. The van der Waals surface area contributed by atoms with Crippen LogP contribution in [0.2, 0.25) is 5.02 Å². The normalized spacial score (nSPS) is 14.5. The van der Waals surface area contributed by atoms with Crippen molar-refractivity contribution in [1.29, 1.82) is 0 Å². The third kappa shape index (κ3) is 4.74. The highest BCUT2D eigenvalue weighted by molar-refractivity contribution is 6.32. The molecule has 1 aliphatic rings. The Morgan fingerprint density at radius 1 is 1.26 bits per heavy atom. The van der Waals surface area contributed by atoms with Gasteiger partial charge in [0.15, 0.2) is 5.82 Å². The molecule has 1 saturated heterocycles. The van der Waals surface area contributed by atoms with Gasteiger partial charge in [-0.3, -0.25) is 4.98 Å². The van der Waals surface area contributed by atoms with Crippen molar-refractivity contribution in [1.82, 2.24) is 25.0 Å². The number of urea groups is 1. The van der Waals surface area contributed by atoms with Crippen molar-refractivity contribution in [3.8, 4) is 11.6 Å². The van der Waals surface area contributed by atoms with Crippen LogP contribution in [0.25, 0.3) is 5.82 Å². The summed E-state index contributed by atoms with van der Waals surface area (Å²) in [5.74, 6) is 0.879. The molecule has 1 atom stereocenters. The van der Waals surface area contributed by atoms with Crippen LogP contribution in [0.4, 0.5) is 16.2 Å². The molecule has 1 unspecified atom stereocenters. The van der Waals surface area contributed by atoms with Crippen LogP contribution in [0.1, 0.15) is 18.6 Å². The van der Waals surface area contributed by atoms with E-state index in [1.807, 2.05) is 6.92 Å². The van der Waals surface area contributed by atoms with Crippen molar-refractivity contribution in [2.75, 3.05) is 31.0 Å². The number of rotatable bonds is 7. The lowest BCUT2D eigenvalue weighted by molar-refractivity contribution is -0.0807. The number of amides is 2. The molecule has 12 heteroatoms. The molecule has 0 aromatic carbocycles. The number of nitrogens with one attached hydrogen (secondary N) is 2. The average molecular weight is 446 g/mol. The molecule has 162 valence electrons. The van der Waals surface area contributed by atoms with Gasteiger partial charge in [-0.05, 0) is 13.0 Å². The van der Waals surface area contributed by atoms with Crippen LogP contribution in [0.3, 0.4) is 0 Å². The molecular formula is C19H20ClN7O4. The van der Waals surface area contributed by atoms with Crippen LogP contribution in [0.5, 0.6) is 5.75 Å². The van der Waals surface area contributed by atoms with Crippen molar-refractivity contribution in [3.05, 3.63) is 47.6 Å². The van der Waals surface area contributed by atoms with Gasteiger partial charge in [0.05, 0.1) is 66.7 Å². The van der Waals surface area contributed by atoms with Crippen molar-refractivity contribution in [2.24, 2.45) is 0 Å². The standard InChI is InChI=1S/C19H20ClN7O4/c1-11(29-2)17-15(7-21-8-16(17)31-13-9-30-10-13)26-19(28)25-12-5-14(20)18(22-6-12)27-23-3-4-24-27/h3-8,11,13H,9-10H2,1-2H3,(H2,25,26,28). The fourth-order valence-corrected chi connectivity index (χ4v) is 3.14. The van der Waals surface area contributed by atoms with E-state index in [9.17, 15) is 4.79 Å². The van der Waals surface area contributed by atoms with Gasteiger partial charge in [0.1, 0.15) is 11.9 Å². The van der Waals surface area contributed by atoms with Crippen LogP contribution >= 0.6 is 11.6 Å². The minimum Gasteiger partial charge on any atom is -0.484 e. The Bertz CT molecular complexity index is 1060. The molecular weight excluding hydrogens is 426 g/mol. The fraction of sp³-hybridized carbons (Fsp3) is 0.316. The van der Waals surface area contributed by atoms with Crippen molar-refractivity contribution >= 4 is 29.0 Å². The molecule has 2 amide bonds. The highest BCUT2D eigenvalue weighted by atomic mass is 35.5. The van der Waals surface area contributed by atoms with Crippen LogP contribution in [0, 0.1) is 0 Å². The molecule has 4 rings (SSSR count). The molecule has 4 heterocycles. The molecule has 3 aromatic heterocycles. The predicted molar refractivity (Wildman–Crippen MR) is 112 cm³/mol. The lowest BCUT2D eigenvalue weighted by Gasteiger charge is -2.29. The van der Waals surface area contributed by atoms with E-state index in [2.05, 4.69) is 30.8 Å². The Hall–Kier alpha value is -3.28. The number of hydrogen-bond acceptors (Lipinski definition) is 8. The van der Waals surface area contributed by atoms with Gasteiger partial charge in [-0.15, -0.1) is 4.80 Å². The average Bonchev–Trinajstić information content (AvgIpc) is 3.25. The second-order valence-electron chi connectivity index (χ2n) is 6.68. The minimum absolute atomic E-state index is 0.0512. The van der Waals surface area contributed by atoms with Gasteiger partial charge in [0.25, 0.3) is 0 Å². The summed E-state index contributed by atoms with van der Waals surface area (Å²) < 4.78 is 16.5. The molecule has 3 aromatic rings. The largest absolute Gasteiger partial charge is 0.484 e. The summed E-state index contributed by atoms with van der Waals surface area (Å²) in [5.41, 5.74) is 1.53. The van der Waals surface area contributed by atoms with E-state index in [-0.39, 0.29) is 17.2 Å². The highest BCUT2D eigenvalue weighted by Gasteiger charge is 2.25. The number of pyridine rings is 2. The maximum Gasteiger partial charge on any atom is 0.323 e. The van der Waals surface area contributed by atoms with E-state index in [0.717, 1.165) is 0 Å². The molecule has 11 nitrogen and oxygen atoms in total. The van der Waals surface area contributed by atoms with Gasteiger partial charge in [-0.1, -0.05) is 11.6 Å². The number of carbonyl (C=O) groups excluding carboxylic acids is 1. The SMILES string of the molecule is COC(C)c1c(NC(=O)Nc2cnc(-n3nccn3)c(Cl)c2)cncc1OC1COC1. The Labute approximate surface area is 182 Å². The van der Waals surface area contributed by atoms with Crippen LogP contribution < -0.4 is 15.4 Å². The molecule has 0 bridgehead atoms. The first-order valence-electron chi connectivity index (χ1n) is 9.40. The summed E-state index contributed by atoms with van der Waals surface area (Å²) >= 11 is 6.25. The first kappa shape index (κ1) is 21.0. The summed E-state index contributed by atoms with van der Waals surface area (Å²) in [6, 6.07) is 1.05. The number of ether oxygens (including phenoxy) is 3. The Morgan fingerprint density at radius 2 is 2.03 bits per heavy atom. The van der Waals surface area contributed by atoms with E-state index >= 15 is 0 Å². The second kappa shape index (κ2) is 9.25. The molecule has 0 aliphatic carbocycles. The van der Waals surface area contributed by atoms with Crippen LogP contribution in [-0.4, -0.2) is 57.4 Å². The van der Waals surface area contributed by atoms with Crippen LogP contribution in [-0.2, 0) is 9.47 Å². The van der Waals surface area contributed by atoms with Gasteiger partial charge in [0, 0.05) is 12.7 Å². The molecule has 1 aliphatic heterocycles. The predicted octanol–water partition coefficient (Wildman–Crippen LogP) is 2.84. The summed E-state index contributed by atoms with van der Waals surface area (Å²) in [7, 11) is 1.58. The monoisotopic (exact) mass is 445 g/mol. The highest BCUT2D eigenvalue weighted by Crippen LogP contribution is 2.34. The van der Waals surface area contributed by atoms with Crippen molar-refractivity contribution in [3.63, 3.8) is 0 Å². The van der Waals surface area contributed by atoms with E-state index in [1.54, 1.807) is 19.4 Å². The second-order valence-corrected chi connectivity index (χ2v) is 7.09. The molecule has 31 heavy (non-hydrogen) atoms. The maximum absolute atomic E-state index is 12.6. The Balaban J connectivity index is 1.50. The molecule has 1 fully saturated rings. The molecule has 0 saturated carbocycles. The zero-order chi connectivity index (χ0) is 21.8. The van der Waals surface area contributed by atoms with Crippen molar-refractivity contribution in [2.45, 2.75) is 19.1 Å². The van der Waals surface area contributed by atoms with Gasteiger partial charge >= 0.3 is 6.03 Å². The number of halogens is 1. The molecule has 0 spiro atoms. The van der Waals surface area contributed by atoms with E-state index in [1.165, 1.54) is 29.6 Å². The number of aromatic nitrogens is 5. The lowest BCUT2D eigenvalue weighted by atomic mass is 10.1.